The Morgan fingerprint density at radius 2 is 1.85 bits per heavy atom. The molecule has 0 fully saturated rings. The van der Waals surface area contributed by atoms with Gasteiger partial charge < -0.3 is 0 Å². The molecule has 0 aromatic heterocycles. The van der Waals surface area contributed by atoms with Crippen LogP contribution in [0.4, 0.5) is 0 Å². The van der Waals surface area contributed by atoms with Crippen LogP contribution in [0.5, 0.6) is 0 Å². The Hall–Kier alpha value is -1.05. The van der Waals surface area contributed by atoms with Gasteiger partial charge in [-0.1, -0.05) is 35.9 Å². The molecule has 0 spiro atoms. The van der Waals surface area contributed by atoms with E-state index < -0.39 is 0 Å². The minimum absolute atomic E-state index is 0. The van der Waals surface area contributed by atoms with Crippen molar-refractivity contribution in [2.75, 3.05) is 0 Å². The van der Waals surface area contributed by atoms with Crippen molar-refractivity contribution in [3.8, 4) is 0 Å². The van der Waals surface area contributed by atoms with Gasteiger partial charge in [0.2, 0.25) is 0 Å². The van der Waals surface area contributed by atoms with Crippen molar-refractivity contribution in [2.24, 2.45) is 0 Å². The Kier molecular flexibility index (Phi) is 3.74. The number of rotatable bonds is 1. The molecule has 0 saturated carbocycles. The maximum atomic E-state index is 3.00. The molecule has 0 saturated heterocycles. The minimum Gasteiger partial charge on any atom is -0.243 e. The summed E-state index contributed by atoms with van der Waals surface area (Å²) in [5.41, 5.74) is 5.50. The second-order valence-electron chi connectivity index (χ2n) is 2.65. The molecule has 1 aromatic carbocycles. The largest absolute Gasteiger partial charge is 1.00 e. The molecule has 2 rings (SSSR count). The zero-order chi connectivity index (χ0) is 8.23. The molecule has 0 N–H and O–H groups in total. The van der Waals surface area contributed by atoms with Crippen molar-refractivity contribution < 1.29 is 18.9 Å². The molecule has 0 aliphatic heterocycles. The molecule has 1 aromatic rings. The van der Waals surface area contributed by atoms with E-state index in [0.29, 0.717) is 0 Å². The van der Waals surface area contributed by atoms with E-state index in [0.717, 1.165) is 0 Å². The van der Waals surface area contributed by atoms with Gasteiger partial charge in [0.05, 0.1) is 0 Å². The Balaban J connectivity index is 0.000000845. The van der Waals surface area contributed by atoms with Crippen molar-refractivity contribution in [3.05, 3.63) is 66.3 Å². The van der Waals surface area contributed by atoms with E-state index in [4.69, 9.17) is 0 Å². The molecule has 1 aliphatic rings. The average Bonchev–Trinajstić information content (AvgIpc) is 2.21. The van der Waals surface area contributed by atoms with Crippen LogP contribution in [-0.4, -0.2) is 0 Å². The van der Waals surface area contributed by atoms with Gasteiger partial charge in [0.15, 0.2) is 0 Å². The summed E-state index contributed by atoms with van der Waals surface area (Å²) in [5, 5.41) is 0. The molecule has 0 bridgehead atoms. The van der Waals surface area contributed by atoms with Crippen molar-refractivity contribution in [3.63, 3.8) is 0 Å². The van der Waals surface area contributed by atoms with Crippen molar-refractivity contribution in [2.45, 2.75) is 0 Å². The molecular weight excluding hydrogens is 151 g/mol. The summed E-state index contributed by atoms with van der Waals surface area (Å²) in [4.78, 5) is 0. The van der Waals surface area contributed by atoms with Gasteiger partial charge in [0.25, 0.3) is 0 Å². The van der Waals surface area contributed by atoms with Crippen molar-refractivity contribution >= 4 is 5.57 Å². The fourth-order valence-electron chi connectivity index (χ4n) is 1.21. The van der Waals surface area contributed by atoms with E-state index in [2.05, 4.69) is 30.4 Å². The summed E-state index contributed by atoms with van der Waals surface area (Å²) >= 11 is 0. The van der Waals surface area contributed by atoms with E-state index in [9.17, 15) is 0 Å². The molecule has 0 nitrogen and oxygen atoms in total. The first kappa shape index (κ1) is 10.0. The Morgan fingerprint density at radius 3 is 2.46 bits per heavy atom. The van der Waals surface area contributed by atoms with Crippen LogP contribution in [0.25, 0.3) is 5.57 Å². The van der Waals surface area contributed by atoms with Gasteiger partial charge in [-0.25, -0.2) is 5.73 Å². The van der Waals surface area contributed by atoms with Crippen LogP contribution in [0.2, 0.25) is 0 Å². The van der Waals surface area contributed by atoms with Gasteiger partial charge in [-0.3, -0.25) is 0 Å². The molecular formula is C12H9Li. The second-order valence-corrected chi connectivity index (χ2v) is 2.65. The predicted molar refractivity (Wildman–Crippen MR) is 51.4 cm³/mol. The molecule has 58 valence electrons. The molecule has 1 aliphatic carbocycles. The number of benzene rings is 1. The monoisotopic (exact) mass is 160 g/mol. The third kappa shape index (κ3) is 2.44. The molecule has 0 amide bonds. The molecule has 0 radical (unpaired) electrons. The van der Waals surface area contributed by atoms with E-state index in [1.807, 2.05) is 30.4 Å². The predicted octanol–water partition coefficient (Wildman–Crippen LogP) is 0.00319. The fraction of sp³-hybridized carbons (Fsp3) is 0. The van der Waals surface area contributed by atoms with Crippen LogP contribution >= 0.6 is 0 Å². The summed E-state index contributed by atoms with van der Waals surface area (Å²) in [6, 6.07) is 10.3. The van der Waals surface area contributed by atoms with Crippen LogP contribution in [0.1, 0.15) is 5.56 Å². The van der Waals surface area contributed by atoms with Gasteiger partial charge >= 0.3 is 18.9 Å². The maximum absolute atomic E-state index is 3.00. The first-order valence-electron chi connectivity index (χ1n) is 3.98. The average molecular weight is 160 g/mol. The van der Waals surface area contributed by atoms with E-state index in [1.54, 1.807) is 0 Å². The quantitative estimate of drug-likeness (QED) is 0.308. The number of hydrogen-bond donors (Lipinski definition) is 0. The topological polar surface area (TPSA) is 0 Å². The van der Waals surface area contributed by atoms with Gasteiger partial charge in [-0.2, -0.15) is 0 Å². The standard InChI is InChI=1S/C12H9.Li/c1-3-7-11(8-4-1)12-9-5-2-6-10-12;/h1,3-10H;/q-1;+1. The van der Waals surface area contributed by atoms with Gasteiger partial charge in [-0.15, -0.1) is 30.2 Å². The van der Waals surface area contributed by atoms with Gasteiger partial charge in [0, 0.05) is 0 Å². The SMILES string of the molecule is C1=CC=C(c2ccccc2)[CH-]C=1.[Li+]. The smallest absolute Gasteiger partial charge is 0.243 e. The van der Waals surface area contributed by atoms with Crippen LogP contribution in [0.3, 0.4) is 0 Å². The third-order valence-electron chi connectivity index (χ3n) is 1.83. The third-order valence-corrected chi connectivity index (χ3v) is 1.83. The van der Waals surface area contributed by atoms with E-state index in [-0.39, 0.29) is 18.9 Å². The van der Waals surface area contributed by atoms with Crippen LogP contribution in [0.15, 0.2) is 54.3 Å². The summed E-state index contributed by atoms with van der Waals surface area (Å²) in [6.07, 6.45) is 8.00. The summed E-state index contributed by atoms with van der Waals surface area (Å²) in [6.45, 7) is 0. The molecule has 0 atom stereocenters. The summed E-state index contributed by atoms with van der Waals surface area (Å²) in [5.74, 6) is 0. The summed E-state index contributed by atoms with van der Waals surface area (Å²) in [7, 11) is 0. The minimum atomic E-state index is 0. The molecule has 1 heteroatoms. The summed E-state index contributed by atoms with van der Waals surface area (Å²) < 4.78 is 0. The van der Waals surface area contributed by atoms with Crippen LogP contribution in [-0.2, 0) is 0 Å². The van der Waals surface area contributed by atoms with Gasteiger partial charge in [-0.05, 0) is 0 Å². The first-order chi connectivity index (χ1) is 5.97. The Morgan fingerprint density at radius 1 is 1.08 bits per heavy atom. The van der Waals surface area contributed by atoms with Crippen LogP contribution < -0.4 is 18.9 Å². The van der Waals surface area contributed by atoms with Crippen molar-refractivity contribution in [1.29, 1.82) is 0 Å². The van der Waals surface area contributed by atoms with E-state index in [1.165, 1.54) is 11.1 Å². The molecule has 0 heterocycles. The van der Waals surface area contributed by atoms with Gasteiger partial charge in [0.1, 0.15) is 0 Å². The Bertz CT molecular complexity index is 354. The second kappa shape index (κ2) is 4.85. The zero-order valence-corrected chi connectivity index (χ0v) is 7.70. The Labute approximate surface area is 90.8 Å². The van der Waals surface area contributed by atoms with E-state index >= 15 is 0 Å². The number of allylic oxidation sites excluding steroid dienone is 3. The van der Waals surface area contributed by atoms with Crippen molar-refractivity contribution in [1.82, 2.24) is 0 Å². The fourth-order valence-corrected chi connectivity index (χ4v) is 1.21. The zero-order valence-electron chi connectivity index (χ0n) is 7.70. The first-order valence-corrected chi connectivity index (χ1v) is 3.98. The molecule has 13 heavy (non-hydrogen) atoms. The number of hydrogen-bond acceptors (Lipinski definition) is 0. The normalized spacial score (nSPS) is 12.8. The maximum Gasteiger partial charge on any atom is 1.00 e. The molecule has 0 unspecified atom stereocenters. The van der Waals surface area contributed by atoms with Crippen LogP contribution in [0, 0.1) is 6.42 Å².